The number of para-hydroxylation sites is 1. The summed E-state index contributed by atoms with van der Waals surface area (Å²) in [6.07, 6.45) is 0. The number of anilines is 1. The van der Waals surface area contributed by atoms with E-state index < -0.39 is 25.5 Å². The van der Waals surface area contributed by atoms with Gasteiger partial charge in [-0.25, -0.2) is 9.18 Å². The maximum absolute atomic E-state index is 15.7. The van der Waals surface area contributed by atoms with E-state index in [2.05, 4.69) is 58.3 Å². The van der Waals surface area contributed by atoms with Crippen LogP contribution in [0.3, 0.4) is 0 Å². The number of nitrogens with zero attached hydrogens (tertiary/aromatic N) is 2. The second kappa shape index (κ2) is 8.07. The highest BCUT2D eigenvalue weighted by atomic mass is 28.3. The Hall–Kier alpha value is -3.37. The highest BCUT2D eigenvalue weighted by Crippen LogP contribution is 2.49. The van der Waals surface area contributed by atoms with E-state index in [9.17, 15) is 9.59 Å². The Bertz CT molecular complexity index is 1470. The van der Waals surface area contributed by atoms with Crippen LogP contribution in [0.5, 0.6) is 0 Å². The molecule has 7 heteroatoms. The van der Waals surface area contributed by atoms with Crippen molar-refractivity contribution in [2.45, 2.75) is 63.7 Å². The van der Waals surface area contributed by atoms with E-state index in [1.165, 1.54) is 15.5 Å². The Kier molecular flexibility index (Phi) is 5.45. The molecule has 2 aliphatic rings. The molecule has 2 aliphatic heterocycles. The van der Waals surface area contributed by atoms with Crippen LogP contribution in [0, 0.1) is 17.3 Å². The van der Waals surface area contributed by atoms with Gasteiger partial charge >= 0.3 is 6.03 Å². The molecular formula is C29H32FN3O2Si. The summed E-state index contributed by atoms with van der Waals surface area (Å²) >= 11 is 0. The molecule has 0 saturated carbocycles. The third-order valence-corrected chi connectivity index (χ3v) is 14.6. The fourth-order valence-electron chi connectivity index (χ4n) is 6.74. The lowest BCUT2D eigenvalue weighted by molar-refractivity contribution is -0.122. The average Bonchev–Trinajstić information content (AvgIpc) is 3.29. The predicted molar refractivity (Wildman–Crippen MR) is 144 cm³/mol. The van der Waals surface area contributed by atoms with E-state index in [1.807, 2.05) is 18.2 Å². The first kappa shape index (κ1) is 24.3. The number of rotatable bonds is 3. The lowest BCUT2D eigenvalue weighted by Crippen LogP contribution is -2.57. The smallest absolute Gasteiger partial charge is 0.315 e. The van der Waals surface area contributed by atoms with Crippen LogP contribution < -0.4 is 10.2 Å². The number of benzene rings is 2. The van der Waals surface area contributed by atoms with Crippen LogP contribution in [0.1, 0.15) is 58.4 Å². The number of hydrogen-bond donors (Lipinski definition) is 1. The second-order valence-corrected chi connectivity index (χ2v) is 16.5. The summed E-state index contributed by atoms with van der Waals surface area (Å²) < 4.78 is 17.1. The molecule has 3 aromatic rings. The van der Waals surface area contributed by atoms with Crippen molar-refractivity contribution >= 4 is 36.6 Å². The van der Waals surface area contributed by atoms with Gasteiger partial charge in [0.15, 0.2) is 5.54 Å². The van der Waals surface area contributed by atoms with Gasteiger partial charge in [0.2, 0.25) is 0 Å². The highest BCUT2D eigenvalue weighted by molar-refractivity contribution is 6.90. The van der Waals surface area contributed by atoms with E-state index in [4.69, 9.17) is 0 Å². The van der Waals surface area contributed by atoms with Gasteiger partial charge in [-0.1, -0.05) is 65.7 Å². The fraction of sp³-hybridized carbons (Fsp3) is 0.379. The molecule has 36 heavy (non-hydrogen) atoms. The summed E-state index contributed by atoms with van der Waals surface area (Å²) in [7, 11) is -0.413. The van der Waals surface area contributed by atoms with Gasteiger partial charge in [-0.15, -0.1) is 5.54 Å². The number of fused-ring (bicyclic) bond motifs is 3. The van der Waals surface area contributed by atoms with Crippen LogP contribution >= 0.6 is 0 Å². The summed E-state index contributed by atoms with van der Waals surface area (Å²) in [6.45, 7) is 13.4. The molecule has 1 unspecified atom stereocenters. The van der Waals surface area contributed by atoms with Crippen LogP contribution in [-0.4, -0.2) is 31.6 Å². The summed E-state index contributed by atoms with van der Waals surface area (Å²) in [6, 6.07) is 11.6. The highest BCUT2D eigenvalue weighted by Gasteiger charge is 2.57. The van der Waals surface area contributed by atoms with Gasteiger partial charge in [0, 0.05) is 23.7 Å². The Morgan fingerprint density at radius 1 is 0.972 bits per heavy atom. The van der Waals surface area contributed by atoms with Crippen molar-refractivity contribution in [2.24, 2.45) is 0 Å². The van der Waals surface area contributed by atoms with Crippen molar-refractivity contribution < 1.29 is 14.0 Å². The maximum atomic E-state index is 15.7. The molecule has 1 N–H and O–H groups in total. The van der Waals surface area contributed by atoms with Gasteiger partial charge in [-0.05, 0) is 40.9 Å². The molecule has 0 saturated heterocycles. The number of carbonyl (C=O) groups is 2. The predicted octanol–water partition coefficient (Wildman–Crippen LogP) is 6.14. The number of hydrogen-bond acceptors (Lipinski definition) is 2. The van der Waals surface area contributed by atoms with Gasteiger partial charge in [-0.3, -0.25) is 9.36 Å². The number of aromatic nitrogens is 1. The largest absolute Gasteiger partial charge is 0.328 e. The Labute approximate surface area is 212 Å². The zero-order chi connectivity index (χ0) is 26.2. The molecule has 2 aromatic carbocycles. The van der Waals surface area contributed by atoms with Crippen molar-refractivity contribution in [3.8, 4) is 11.5 Å². The van der Waals surface area contributed by atoms with Crippen molar-refractivity contribution in [3.63, 3.8) is 0 Å². The Morgan fingerprint density at radius 2 is 1.61 bits per heavy atom. The molecule has 1 atom stereocenters. The third-order valence-electron chi connectivity index (χ3n) is 8.36. The van der Waals surface area contributed by atoms with Crippen molar-refractivity contribution in [1.29, 1.82) is 0 Å². The minimum absolute atomic E-state index is 0.175. The van der Waals surface area contributed by atoms with Crippen LogP contribution in [0.15, 0.2) is 42.5 Å². The number of carbonyl (C=O) groups excluding carboxylic acids is 2. The molecule has 0 radical (unpaired) electrons. The van der Waals surface area contributed by atoms with Crippen molar-refractivity contribution in [1.82, 2.24) is 9.88 Å². The van der Waals surface area contributed by atoms with Crippen LogP contribution in [0.25, 0.3) is 10.9 Å². The standard InChI is InChI=1S/C29H32FN3O2Si/c1-17(2)36(18(3)4,19(5)6)15-14-21-16-20-12-13-23(30)25-26(20)33(21)28(35)31-29(25)22-10-8-9-11-24(22)32(7)27(29)34/h8-13,16-19H,1-7H3,(H,31,35). The molecule has 2 amide bonds. The number of likely N-dealkylation sites (N-methyl/N-ethyl adjacent to an activating group) is 1. The first-order valence-corrected chi connectivity index (χ1v) is 14.8. The van der Waals surface area contributed by atoms with E-state index >= 15 is 4.39 Å². The van der Waals surface area contributed by atoms with Gasteiger partial charge in [0.1, 0.15) is 19.6 Å². The molecule has 1 spiro atoms. The summed E-state index contributed by atoms with van der Waals surface area (Å²) in [4.78, 5) is 28.9. The zero-order valence-corrected chi connectivity index (χ0v) is 22.9. The maximum Gasteiger partial charge on any atom is 0.328 e. The van der Waals surface area contributed by atoms with Gasteiger partial charge in [0.05, 0.1) is 11.1 Å². The zero-order valence-electron chi connectivity index (χ0n) is 21.9. The van der Waals surface area contributed by atoms with Crippen LogP contribution in [0.4, 0.5) is 14.9 Å². The lowest BCUT2D eigenvalue weighted by Gasteiger charge is -2.38. The lowest BCUT2D eigenvalue weighted by atomic mass is 9.81. The first-order chi connectivity index (χ1) is 17.0. The summed E-state index contributed by atoms with van der Waals surface area (Å²) in [5.41, 5.74) is 5.70. The summed E-state index contributed by atoms with van der Waals surface area (Å²) in [5.74, 6) is 2.45. The minimum Gasteiger partial charge on any atom is -0.315 e. The van der Waals surface area contributed by atoms with E-state index in [1.54, 1.807) is 25.2 Å². The van der Waals surface area contributed by atoms with Gasteiger partial charge in [-0.2, -0.15) is 0 Å². The van der Waals surface area contributed by atoms with Crippen molar-refractivity contribution in [3.05, 3.63) is 65.1 Å². The van der Waals surface area contributed by atoms with E-state index in [-0.39, 0.29) is 11.5 Å². The Balaban J connectivity index is 1.81. The number of amides is 2. The molecule has 0 bridgehead atoms. The molecule has 0 aliphatic carbocycles. The monoisotopic (exact) mass is 501 g/mol. The topological polar surface area (TPSA) is 54.3 Å². The van der Waals surface area contributed by atoms with Crippen molar-refractivity contribution in [2.75, 3.05) is 11.9 Å². The first-order valence-electron chi connectivity index (χ1n) is 12.6. The molecular weight excluding hydrogens is 469 g/mol. The molecule has 3 heterocycles. The van der Waals surface area contributed by atoms with E-state index in [0.29, 0.717) is 44.5 Å². The van der Waals surface area contributed by atoms with Crippen LogP contribution in [0.2, 0.25) is 16.6 Å². The normalized spacial score (nSPS) is 18.9. The SMILES string of the molecule is CC(C)[Si](C#Cc1cc2ccc(F)c3c2n1C(=O)NC31C(=O)N(C)c2ccccc21)(C(C)C)C(C)C. The quantitative estimate of drug-likeness (QED) is 0.346. The minimum atomic E-state index is -2.06. The molecule has 1 aromatic heterocycles. The number of nitrogens with one attached hydrogen (secondary N) is 1. The molecule has 0 fully saturated rings. The second-order valence-electron chi connectivity index (χ2n) is 10.9. The van der Waals surface area contributed by atoms with Crippen LogP contribution in [-0.2, 0) is 10.3 Å². The van der Waals surface area contributed by atoms with E-state index in [0.717, 1.165) is 0 Å². The molecule has 5 rings (SSSR count). The fourth-order valence-corrected chi connectivity index (χ4v) is 11.9. The average molecular weight is 502 g/mol. The molecule has 186 valence electrons. The third kappa shape index (κ3) is 2.94. The summed E-state index contributed by atoms with van der Waals surface area (Å²) in [5, 5.41) is 3.60. The molecule has 5 nitrogen and oxygen atoms in total. The van der Waals surface area contributed by atoms with Gasteiger partial charge < -0.3 is 10.2 Å². The number of halogens is 1. The Morgan fingerprint density at radius 3 is 2.25 bits per heavy atom. The van der Waals surface area contributed by atoms with Gasteiger partial charge in [0.25, 0.3) is 5.91 Å².